The molecule has 1 saturated heterocycles. The van der Waals surface area contributed by atoms with Gasteiger partial charge in [0.2, 0.25) is 0 Å². The summed E-state index contributed by atoms with van der Waals surface area (Å²) in [6, 6.07) is 8.96. The van der Waals surface area contributed by atoms with Gasteiger partial charge in [0, 0.05) is 37.0 Å². The summed E-state index contributed by atoms with van der Waals surface area (Å²) in [7, 11) is 0. The molecule has 28 heavy (non-hydrogen) atoms. The van der Waals surface area contributed by atoms with Crippen LogP contribution in [0.15, 0.2) is 28.8 Å². The molecule has 1 fully saturated rings. The average molecular weight is 382 g/mol. The Balaban J connectivity index is 1.66. The summed E-state index contributed by atoms with van der Waals surface area (Å²) in [6.45, 7) is 16.0. The second-order valence-electron chi connectivity index (χ2n) is 9.92. The van der Waals surface area contributed by atoms with Crippen LogP contribution in [0.4, 0.5) is 0 Å². The van der Waals surface area contributed by atoms with Gasteiger partial charge in [0.05, 0.1) is 6.04 Å². The van der Waals surface area contributed by atoms with Crippen molar-refractivity contribution in [2.75, 3.05) is 26.2 Å². The Morgan fingerprint density at radius 1 is 1.21 bits per heavy atom. The van der Waals surface area contributed by atoms with Gasteiger partial charge in [0.15, 0.2) is 0 Å². The number of amides is 1. The van der Waals surface area contributed by atoms with Gasteiger partial charge in [0.25, 0.3) is 5.91 Å². The molecule has 5 heteroatoms. The van der Waals surface area contributed by atoms with Crippen LogP contribution in [-0.4, -0.2) is 47.0 Å². The molecule has 2 aliphatic rings. The summed E-state index contributed by atoms with van der Waals surface area (Å²) in [5.74, 6) is 0.660. The number of piperazine rings is 1. The Morgan fingerprint density at radius 3 is 2.64 bits per heavy atom. The van der Waals surface area contributed by atoms with Gasteiger partial charge in [-0.1, -0.05) is 64.0 Å². The number of benzene rings is 1. The van der Waals surface area contributed by atoms with Crippen molar-refractivity contribution in [3.05, 3.63) is 52.4 Å². The lowest BCUT2D eigenvalue weighted by molar-refractivity contribution is 0.0357. The molecule has 0 spiro atoms. The van der Waals surface area contributed by atoms with E-state index >= 15 is 0 Å². The van der Waals surface area contributed by atoms with Crippen molar-refractivity contribution in [2.24, 2.45) is 0 Å². The molecule has 0 radical (unpaired) electrons. The molecular weight excluding hydrogens is 350 g/mol. The Bertz CT molecular complexity index is 907. The quantitative estimate of drug-likeness (QED) is 0.747. The van der Waals surface area contributed by atoms with Crippen LogP contribution in [0.1, 0.15) is 73.6 Å². The van der Waals surface area contributed by atoms with Crippen molar-refractivity contribution in [2.45, 2.75) is 58.4 Å². The minimum atomic E-state index is -0.230. The van der Waals surface area contributed by atoms with Crippen molar-refractivity contribution in [3.63, 3.8) is 0 Å². The zero-order chi connectivity index (χ0) is 20.3. The fraction of sp³-hybridized carbons (Fsp3) is 0.565. The van der Waals surface area contributed by atoms with Crippen molar-refractivity contribution in [3.8, 4) is 0 Å². The van der Waals surface area contributed by atoms with Gasteiger partial charge in [-0.25, -0.2) is 0 Å². The minimum Gasteiger partial charge on any atom is -0.361 e. The van der Waals surface area contributed by atoms with E-state index in [0.717, 1.165) is 25.3 Å². The standard InChI is InChI=1S/C23H31N3O2/c1-15-19(20(24-28-15)22(2,3)4)21(27)25-11-12-26-14-23(5,6)17-10-8-7-9-16(17)18(26)13-25/h7-10,18H,11-14H2,1-6H3. The summed E-state index contributed by atoms with van der Waals surface area (Å²) in [4.78, 5) is 18.0. The van der Waals surface area contributed by atoms with Crippen LogP contribution >= 0.6 is 0 Å². The van der Waals surface area contributed by atoms with Gasteiger partial charge < -0.3 is 9.42 Å². The molecule has 1 aromatic heterocycles. The first-order valence-electron chi connectivity index (χ1n) is 10.2. The Kier molecular flexibility index (Phi) is 4.42. The first-order chi connectivity index (χ1) is 13.1. The normalized spacial score (nSPS) is 21.9. The molecule has 1 atom stereocenters. The van der Waals surface area contributed by atoms with Gasteiger partial charge in [-0.05, 0) is 18.1 Å². The van der Waals surface area contributed by atoms with Crippen molar-refractivity contribution < 1.29 is 9.32 Å². The maximum Gasteiger partial charge on any atom is 0.259 e. The fourth-order valence-corrected chi connectivity index (χ4v) is 4.78. The summed E-state index contributed by atoms with van der Waals surface area (Å²) in [6.07, 6.45) is 0. The average Bonchev–Trinajstić information content (AvgIpc) is 3.02. The number of fused-ring (bicyclic) bond motifs is 3. The predicted octanol–water partition coefficient (Wildman–Crippen LogP) is 4.07. The highest BCUT2D eigenvalue weighted by atomic mass is 16.5. The largest absolute Gasteiger partial charge is 0.361 e. The molecule has 2 aliphatic heterocycles. The number of hydrogen-bond donors (Lipinski definition) is 0. The van der Waals surface area contributed by atoms with Crippen LogP contribution < -0.4 is 0 Å². The molecule has 1 unspecified atom stereocenters. The van der Waals surface area contributed by atoms with Crippen LogP contribution in [0.5, 0.6) is 0 Å². The van der Waals surface area contributed by atoms with E-state index in [1.54, 1.807) is 0 Å². The Hall–Kier alpha value is -2.14. The highest BCUT2D eigenvalue weighted by Gasteiger charge is 2.42. The molecule has 3 heterocycles. The maximum absolute atomic E-state index is 13.5. The van der Waals surface area contributed by atoms with Gasteiger partial charge >= 0.3 is 0 Å². The number of rotatable bonds is 1. The van der Waals surface area contributed by atoms with E-state index in [-0.39, 0.29) is 22.8 Å². The predicted molar refractivity (Wildman–Crippen MR) is 110 cm³/mol. The smallest absolute Gasteiger partial charge is 0.259 e. The molecular formula is C23H31N3O2. The van der Waals surface area contributed by atoms with Crippen LogP contribution in [0, 0.1) is 6.92 Å². The van der Waals surface area contributed by atoms with Crippen LogP contribution in [0.2, 0.25) is 0 Å². The molecule has 4 rings (SSSR count). The van der Waals surface area contributed by atoms with E-state index in [1.165, 1.54) is 11.1 Å². The van der Waals surface area contributed by atoms with Gasteiger partial charge in [-0.15, -0.1) is 0 Å². The molecule has 5 nitrogen and oxygen atoms in total. The lowest BCUT2D eigenvalue weighted by Crippen LogP contribution is -2.56. The number of carbonyl (C=O) groups excluding carboxylic acids is 1. The highest BCUT2D eigenvalue weighted by Crippen LogP contribution is 2.41. The second-order valence-corrected chi connectivity index (χ2v) is 9.92. The first kappa shape index (κ1) is 19.2. The van der Waals surface area contributed by atoms with Crippen LogP contribution in [0.25, 0.3) is 0 Å². The fourth-order valence-electron chi connectivity index (χ4n) is 4.78. The third-order valence-electron chi connectivity index (χ3n) is 6.21. The second kappa shape index (κ2) is 6.45. The number of carbonyl (C=O) groups is 1. The molecule has 2 aromatic rings. The van der Waals surface area contributed by atoms with Crippen LogP contribution in [-0.2, 0) is 10.8 Å². The number of aromatic nitrogens is 1. The van der Waals surface area contributed by atoms with Crippen molar-refractivity contribution in [1.82, 2.24) is 15.0 Å². The van der Waals surface area contributed by atoms with Crippen molar-refractivity contribution in [1.29, 1.82) is 0 Å². The van der Waals surface area contributed by atoms with Gasteiger partial charge in [-0.2, -0.15) is 0 Å². The zero-order valence-corrected chi connectivity index (χ0v) is 17.9. The number of hydrogen-bond acceptors (Lipinski definition) is 4. The van der Waals surface area contributed by atoms with E-state index in [1.807, 2.05) is 11.8 Å². The summed E-state index contributed by atoms with van der Waals surface area (Å²) >= 11 is 0. The van der Waals surface area contributed by atoms with Crippen LogP contribution in [0.3, 0.4) is 0 Å². The Morgan fingerprint density at radius 2 is 1.93 bits per heavy atom. The van der Waals surface area contributed by atoms with E-state index < -0.39 is 0 Å². The molecule has 0 N–H and O–H groups in total. The van der Waals surface area contributed by atoms with Gasteiger partial charge in [-0.3, -0.25) is 9.69 Å². The lowest BCUT2D eigenvalue weighted by atomic mass is 9.75. The maximum atomic E-state index is 13.5. The SMILES string of the molecule is Cc1onc(C(C)(C)C)c1C(=O)N1CCN2CC(C)(C)c3ccccc3C2C1. The van der Waals surface area contributed by atoms with Crippen molar-refractivity contribution >= 4 is 5.91 Å². The number of nitrogens with zero attached hydrogens (tertiary/aromatic N) is 3. The number of aryl methyl sites for hydroxylation is 1. The lowest BCUT2D eigenvalue weighted by Gasteiger charge is -2.50. The monoisotopic (exact) mass is 381 g/mol. The summed E-state index contributed by atoms with van der Waals surface area (Å²) in [5.41, 5.74) is 4.06. The van der Waals surface area contributed by atoms with E-state index in [0.29, 0.717) is 17.9 Å². The van der Waals surface area contributed by atoms with E-state index in [2.05, 4.69) is 68.9 Å². The van der Waals surface area contributed by atoms with E-state index in [9.17, 15) is 4.79 Å². The highest BCUT2D eigenvalue weighted by molar-refractivity contribution is 5.96. The first-order valence-corrected chi connectivity index (χ1v) is 10.2. The third kappa shape index (κ3) is 3.06. The molecule has 1 aromatic carbocycles. The zero-order valence-electron chi connectivity index (χ0n) is 17.9. The van der Waals surface area contributed by atoms with Gasteiger partial charge in [0.1, 0.15) is 17.0 Å². The molecule has 0 bridgehead atoms. The molecule has 1 amide bonds. The summed E-state index contributed by atoms with van der Waals surface area (Å²) < 4.78 is 5.42. The molecule has 0 saturated carbocycles. The minimum absolute atomic E-state index is 0.0469. The van der Waals surface area contributed by atoms with E-state index in [4.69, 9.17) is 4.52 Å². The summed E-state index contributed by atoms with van der Waals surface area (Å²) in [5, 5.41) is 4.21. The molecule has 0 aliphatic carbocycles. The Labute approximate surface area is 167 Å². The third-order valence-corrected chi connectivity index (χ3v) is 6.21. The molecule has 150 valence electrons. The topological polar surface area (TPSA) is 49.6 Å².